The Balaban J connectivity index is 1.99. The Morgan fingerprint density at radius 2 is 2.12 bits per heavy atom. The third-order valence-corrected chi connectivity index (χ3v) is 3.93. The highest BCUT2D eigenvalue weighted by molar-refractivity contribution is 7.80. The molecule has 0 saturated heterocycles. The lowest BCUT2D eigenvalue weighted by atomic mass is 10.1. The van der Waals surface area contributed by atoms with E-state index in [0.29, 0.717) is 11.0 Å². The topological polar surface area (TPSA) is 67.4 Å². The molecule has 130 valence electrons. The molecule has 2 rings (SSSR count). The Hall–Kier alpha value is -2.15. The van der Waals surface area contributed by atoms with Crippen LogP contribution in [0.15, 0.2) is 21.8 Å². The Morgan fingerprint density at radius 3 is 2.75 bits per heavy atom. The summed E-state index contributed by atoms with van der Waals surface area (Å²) in [5.41, 5.74) is 5.97. The number of nitrogens with one attached hydrogen (secondary N) is 2. The molecule has 0 saturated carbocycles. The minimum Gasteiger partial charge on any atom is -0.361 e. The van der Waals surface area contributed by atoms with E-state index < -0.39 is 0 Å². The van der Waals surface area contributed by atoms with E-state index in [-0.39, 0.29) is 0 Å². The summed E-state index contributed by atoms with van der Waals surface area (Å²) < 4.78 is 7.20. The molecule has 0 bridgehead atoms. The monoisotopic (exact) mass is 347 g/mol. The maximum absolute atomic E-state index is 5.20. The molecule has 2 aromatic rings. The quantitative estimate of drug-likeness (QED) is 0.477. The third-order valence-electron chi connectivity index (χ3n) is 3.69. The maximum atomic E-state index is 5.20. The lowest BCUT2D eigenvalue weighted by Gasteiger charge is -2.08. The Labute approximate surface area is 148 Å². The van der Waals surface area contributed by atoms with E-state index in [0.717, 1.165) is 41.5 Å². The van der Waals surface area contributed by atoms with Crippen LogP contribution < -0.4 is 10.7 Å². The molecular formula is C17H25N5OS. The highest BCUT2D eigenvalue weighted by Gasteiger charge is 2.12. The van der Waals surface area contributed by atoms with Crippen LogP contribution in [0.3, 0.4) is 0 Å². The molecule has 2 N–H and O–H groups in total. The lowest BCUT2D eigenvalue weighted by Crippen LogP contribution is -2.33. The fourth-order valence-electron chi connectivity index (χ4n) is 2.40. The van der Waals surface area contributed by atoms with E-state index in [4.69, 9.17) is 16.7 Å². The first-order valence-electron chi connectivity index (χ1n) is 8.08. The largest absolute Gasteiger partial charge is 0.361 e. The summed E-state index contributed by atoms with van der Waals surface area (Å²) in [6, 6.07) is 3.96. The predicted octanol–water partition coefficient (Wildman–Crippen LogP) is 3.23. The van der Waals surface area contributed by atoms with E-state index in [1.54, 1.807) is 6.21 Å². The van der Waals surface area contributed by atoms with Crippen molar-refractivity contribution in [1.82, 2.24) is 20.5 Å². The van der Waals surface area contributed by atoms with E-state index in [1.807, 2.05) is 31.4 Å². The molecule has 7 heteroatoms. The standard InChI is InChI=1S/C17H25N5OS/c1-11(2)6-7-18-17(24)20-19-10-15-8-12(3)22(14(15)5)16-9-13(4)23-21-16/h8-11H,6-7H2,1-5H3,(H2,18,20,24)/b19-10-. The molecular weight excluding hydrogens is 322 g/mol. The second-order valence-electron chi connectivity index (χ2n) is 6.27. The fraction of sp³-hybridized carbons (Fsp3) is 0.471. The first-order valence-corrected chi connectivity index (χ1v) is 8.49. The molecule has 2 heterocycles. The number of hydrogen-bond donors (Lipinski definition) is 2. The SMILES string of the molecule is Cc1cc(-n2c(C)cc(/C=N\NC(=S)NCCC(C)C)c2C)no1. The average Bonchev–Trinajstić information content (AvgIpc) is 3.02. The van der Waals surface area contributed by atoms with Crippen LogP contribution in [0.1, 0.15) is 43.0 Å². The summed E-state index contributed by atoms with van der Waals surface area (Å²) in [6.07, 6.45) is 2.84. The number of thiocarbonyl (C=S) groups is 1. The molecule has 0 aromatic carbocycles. The Kier molecular flexibility index (Phi) is 6.14. The Morgan fingerprint density at radius 1 is 1.38 bits per heavy atom. The minimum absolute atomic E-state index is 0.535. The van der Waals surface area contributed by atoms with Crippen LogP contribution in [-0.4, -0.2) is 27.6 Å². The van der Waals surface area contributed by atoms with Gasteiger partial charge in [0.05, 0.1) is 6.21 Å². The summed E-state index contributed by atoms with van der Waals surface area (Å²) in [4.78, 5) is 0. The van der Waals surface area contributed by atoms with Crippen molar-refractivity contribution in [2.24, 2.45) is 11.0 Å². The molecule has 0 aliphatic carbocycles. The van der Waals surface area contributed by atoms with Crippen LogP contribution in [-0.2, 0) is 0 Å². The number of aryl methyl sites for hydroxylation is 2. The molecule has 0 spiro atoms. The number of rotatable bonds is 6. The third kappa shape index (κ3) is 4.67. The van der Waals surface area contributed by atoms with Gasteiger partial charge in [-0.1, -0.05) is 19.0 Å². The molecule has 6 nitrogen and oxygen atoms in total. The number of hydrazone groups is 1. The zero-order valence-corrected chi connectivity index (χ0v) is 15.7. The van der Waals surface area contributed by atoms with Gasteiger partial charge in [0, 0.05) is 29.6 Å². The molecule has 0 unspecified atom stereocenters. The zero-order valence-electron chi connectivity index (χ0n) is 14.9. The second-order valence-corrected chi connectivity index (χ2v) is 6.67. The van der Waals surface area contributed by atoms with Gasteiger partial charge in [-0.2, -0.15) is 5.10 Å². The van der Waals surface area contributed by atoms with Gasteiger partial charge in [0.15, 0.2) is 10.9 Å². The second kappa shape index (κ2) is 8.10. The highest BCUT2D eigenvalue weighted by atomic mass is 32.1. The molecule has 2 aromatic heterocycles. The summed E-state index contributed by atoms with van der Waals surface area (Å²) in [6.45, 7) is 11.1. The van der Waals surface area contributed by atoms with Gasteiger partial charge in [0.2, 0.25) is 0 Å². The van der Waals surface area contributed by atoms with Crippen molar-refractivity contribution in [2.45, 2.75) is 41.0 Å². The lowest BCUT2D eigenvalue weighted by molar-refractivity contribution is 0.394. The Bertz CT molecular complexity index is 729. The maximum Gasteiger partial charge on any atom is 0.186 e. The zero-order chi connectivity index (χ0) is 17.7. The first kappa shape index (κ1) is 18.2. The van der Waals surface area contributed by atoms with E-state index in [2.05, 4.69) is 40.9 Å². The molecule has 0 aliphatic rings. The van der Waals surface area contributed by atoms with Gasteiger partial charge in [0.25, 0.3) is 0 Å². The molecule has 0 radical (unpaired) electrons. The van der Waals surface area contributed by atoms with Gasteiger partial charge in [0.1, 0.15) is 5.76 Å². The average molecular weight is 347 g/mol. The molecule has 0 fully saturated rings. The van der Waals surface area contributed by atoms with Crippen molar-refractivity contribution in [3.05, 3.63) is 34.8 Å². The van der Waals surface area contributed by atoms with Crippen LogP contribution in [0.5, 0.6) is 0 Å². The van der Waals surface area contributed by atoms with Gasteiger partial charge in [-0.05, 0) is 51.4 Å². The van der Waals surface area contributed by atoms with Gasteiger partial charge in [-0.15, -0.1) is 0 Å². The molecule has 0 atom stereocenters. The molecule has 24 heavy (non-hydrogen) atoms. The van der Waals surface area contributed by atoms with Crippen molar-refractivity contribution in [1.29, 1.82) is 0 Å². The first-order chi connectivity index (χ1) is 11.4. The summed E-state index contributed by atoms with van der Waals surface area (Å²) in [7, 11) is 0. The van der Waals surface area contributed by atoms with Crippen LogP contribution in [0.2, 0.25) is 0 Å². The fourth-order valence-corrected chi connectivity index (χ4v) is 2.56. The summed E-state index contributed by atoms with van der Waals surface area (Å²) >= 11 is 5.20. The minimum atomic E-state index is 0.535. The smallest absolute Gasteiger partial charge is 0.186 e. The van der Waals surface area contributed by atoms with Crippen molar-refractivity contribution in [3.63, 3.8) is 0 Å². The van der Waals surface area contributed by atoms with Crippen LogP contribution in [0, 0.1) is 26.7 Å². The number of aromatic nitrogens is 2. The van der Waals surface area contributed by atoms with Gasteiger partial charge >= 0.3 is 0 Å². The van der Waals surface area contributed by atoms with E-state index in [9.17, 15) is 0 Å². The van der Waals surface area contributed by atoms with Crippen LogP contribution >= 0.6 is 12.2 Å². The van der Waals surface area contributed by atoms with Crippen LogP contribution in [0.25, 0.3) is 5.82 Å². The van der Waals surface area contributed by atoms with Crippen LogP contribution in [0.4, 0.5) is 0 Å². The number of nitrogens with zero attached hydrogens (tertiary/aromatic N) is 3. The van der Waals surface area contributed by atoms with Crippen molar-refractivity contribution >= 4 is 23.5 Å². The van der Waals surface area contributed by atoms with Gasteiger partial charge < -0.3 is 9.84 Å². The van der Waals surface area contributed by atoms with Crippen molar-refractivity contribution in [3.8, 4) is 5.82 Å². The molecule has 0 amide bonds. The van der Waals surface area contributed by atoms with Gasteiger partial charge in [-0.3, -0.25) is 9.99 Å². The van der Waals surface area contributed by atoms with Gasteiger partial charge in [-0.25, -0.2) is 0 Å². The number of hydrogen-bond acceptors (Lipinski definition) is 4. The normalized spacial score (nSPS) is 11.4. The predicted molar refractivity (Wildman–Crippen MR) is 101 cm³/mol. The van der Waals surface area contributed by atoms with Crippen molar-refractivity contribution in [2.75, 3.05) is 6.54 Å². The van der Waals surface area contributed by atoms with Crippen molar-refractivity contribution < 1.29 is 4.52 Å². The van der Waals surface area contributed by atoms with E-state index >= 15 is 0 Å². The summed E-state index contributed by atoms with van der Waals surface area (Å²) in [5.74, 6) is 2.21. The highest BCUT2D eigenvalue weighted by Crippen LogP contribution is 2.19. The van der Waals surface area contributed by atoms with E-state index in [1.165, 1.54) is 0 Å². The molecule has 0 aliphatic heterocycles. The summed E-state index contributed by atoms with van der Waals surface area (Å²) in [5, 5.41) is 12.0.